The van der Waals surface area contributed by atoms with Gasteiger partial charge in [-0.25, -0.2) is 0 Å². The number of nitrogens with zero attached hydrogens (tertiary/aromatic N) is 1. The van der Waals surface area contributed by atoms with Gasteiger partial charge in [-0.15, -0.1) is 0 Å². The second kappa shape index (κ2) is 7.68. The maximum atomic E-state index is 11.7. The quantitative estimate of drug-likeness (QED) is 0.468. The molecule has 1 amide bonds. The van der Waals surface area contributed by atoms with Crippen LogP contribution in [-0.4, -0.2) is 10.8 Å². The number of amides is 1. The van der Waals surface area contributed by atoms with Gasteiger partial charge in [0.25, 0.3) is 5.69 Å². The minimum absolute atomic E-state index is 0.00839. The fourth-order valence-electron chi connectivity index (χ4n) is 1.45. The number of non-ortho nitro benzene ring substituents is 1. The molecule has 0 atom stereocenters. The van der Waals surface area contributed by atoms with E-state index in [-0.39, 0.29) is 11.6 Å². The molecule has 0 heterocycles. The van der Waals surface area contributed by atoms with Gasteiger partial charge in [0, 0.05) is 24.2 Å². The highest BCUT2D eigenvalue weighted by Crippen LogP contribution is 2.16. The fraction of sp³-hybridized carbons (Fsp3) is 0.133. The van der Waals surface area contributed by atoms with Crippen LogP contribution in [0.3, 0.4) is 0 Å². The summed E-state index contributed by atoms with van der Waals surface area (Å²) in [7, 11) is 0. The molecular weight excluding hydrogens is 256 g/mol. The molecule has 0 spiro atoms. The van der Waals surface area contributed by atoms with E-state index in [4.69, 9.17) is 0 Å². The molecular formula is C15H16N2O3. The zero-order valence-corrected chi connectivity index (χ0v) is 11.0. The third-order valence-electron chi connectivity index (χ3n) is 2.50. The Balaban J connectivity index is 2.46. The lowest BCUT2D eigenvalue weighted by molar-refractivity contribution is -0.384. The molecule has 0 aliphatic carbocycles. The van der Waals surface area contributed by atoms with E-state index < -0.39 is 4.92 Å². The van der Waals surface area contributed by atoms with Crippen LogP contribution in [0.4, 0.5) is 11.4 Å². The molecule has 0 unspecified atom stereocenters. The lowest BCUT2D eigenvalue weighted by atomic mass is 10.1. The van der Waals surface area contributed by atoms with Crippen LogP contribution in [-0.2, 0) is 4.79 Å². The van der Waals surface area contributed by atoms with E-state index >= 15 is 0 Å². The Morgan fingerprint density at radius 3 is 2.50 bits per heavy atom. The Labute approximate surface area is 117 Å². The Hall–Kier alpha value is -2.69. The van der Waals surface area contributed by atoms with Gasteiger partial charge in [0.2, 0.25) is 5.91 Å². The average molecular weight is 272 g/mol. The summed E-state index contributed by atoms with van der Waals surface area (Å²) in [5.41, 5.74) is 1.36. The minimum Gasteiger partial charge on any atom is -0.326 e. The Kier molecular flexibility index (Phi) is 5.90. The molecule has 5 heteroatoms. The van der Waals surface area contributed by atoms with Crippen molar-refractivity contribution in [2.24, 2.45) is 0 Å². The van der Waals surface area contributed by atoms with E-state index in [1.165, 1.54) is 24.3 Å². The summed E-state index contributed by atoms with van der Waals surface area (Å²) in [5.74, 6) is -0.160. The molecule has 5 nitrogen and oxygen atoms in total. The van der Waals surface area contributed by atoms with Gasteiger partial charge in [0.1, 0.15) is 0 Å². The molecule has 0 bridgehead atoms. The molecule has 0 saturated heterocycles. The van der Waals surface area contributed by atoms with E-state index in [9.17, 15) is 14.9 Å². The van der Waals surface area contributed by atoms with E-state index in [0.717, 1.165) is 5.57 Å². The maximum absolute atomic E-state index is 11.7. The number of nitrogens with one attached hydrogen (secondary N) is 1. The highest BCUT2D eigenvalue weighted by molar-refractivity contribution is 5.90. The van der Waals surface area contributed by atoms with Gasteiger partial charge in [0.15, 0.2) is 0 Å². The van der Waals surface area contributed by atoms with Gasteiger partial charge in [0.05, 0.1) is 4.92 Å². The molecule has 0 aliphatic rings. The topological polar surface area (TPSA) is 72.2 Å². The monoisotopic (exact) mass is 272 g/mol. The van der Waals surface area contributed by atoms with Crippen molar-refractivity contribution in [2.45, 2.75) is 12.8 Å². The van der Waals surface area contributed by atoms with Gasteiger partial charge in [-0.1, -0.05) is 37.0 Å². The first-order valence-electron chi connectivity index (χ1n) is 6.04. The van der Waals surface area contributed by atoms with Crippen molar-refractivity contribution in [3.05, 3.63) is 71.3 Å². The molecule has 1 aromatic rings. The van der Waals surface area contributed by atoms with Gasteiger partial charge in [-0.2, -0.15) is 0 Å². The molecule has 0 saturated carbocycles. The molecule has 0 aromatic heterocycles. The molecule has 0 radical (unpaired) electrons. The number of carbonyl (C=O) groups excluding carboxylic acids is 1. The molecule has 0 fully saturated rings. The lowest BCUT2D eigenvalue weighted by Crippen LogP contribution is -2.11. The van der Waals surface area contributed by atoms with Crippen LogP contribution in [0.5, 0.6) is 0 Å². The van der Waals surface area contributed by atoms with Gasteiger partial charge in [-0.3, -0.25) is 14.9 Å². The normalized spacial score (nSPS) is 10.2. The zero-order valence-electron chi connectivity index (χ0n) is 11.0. The smallest absolute Gasteiger partial charge is 0.269 e. The number of rotatable bonds is 7. The summed E-state index contributed by atoms with van der Waals surface area (Å²) in [5, 5.41) is 13.2. The van der Waals surface area contributed by atoms with Gasteiger partial charge < -0.3 is 5.32 Å². The summed E-state index contributed by atoms with van der Waals surface area (Å²) in [4.78, 5) is 21.7. The summed E-state index contributed by atoms with van der Waals surface area (Å²) < 4.78 is 0. The summed E-state index contributed by atoms with van der Waals surface area (Å²) in [6.07, 6.45) is 6.05. The largest absolute Gasteiger partial charge is 0.326 e. The van der Waals surface area contributed by atoms with Gasteiger partial charge >= 0.3 is 0 Å². The van der Waals surface area contributed by atoms with E-state index in [0.29, 0.717) is 18.5 Å². The number of hydrogen-bond donors (Lipinski definition) is 1. The van der Waals surface area contributed by atoms with E-state index in [1.807, 2.05) is 0 Å². The third kappa shape index (κ3) is 5.30. The molecule has 104 valence electrons. The maximum Gasteiger partial charge on any atom is 0.269 e. The zero-order chi connectivity index (χ0) is 15.0. The van der Waals surface area contributed by atoms with Crippen molar-refractivity contribution < 1.29 is 9.72 Å². The lowest BCUT2D eigenvalue weighted by Gasteiger charge is -2.05. The number of carbonyl (C=O) groups is 1. The molecule has 1 aromatic carbocycles. The standard InChI is InChI=1S/C15H16N2O3/c1-3-4-5-12(2)6-11-15(18)16-13-7-9-14(10-8-13)17(19)20/h3-5,7-10H,1-2,6,11H2,(H,16,18)/b5-4-. The van der Waals surface area contributed by atoms with Crippen molar-refractivity contribution in [3.63, 3.8) is 0 Å². The highest BCUT2D eigenvalue weighted by atomic mass is 16.6. The first kappa shape index (κ1) is 15.4. The SMILES string of the molecule is C=C/C=C\C(=C)CCC(=O)Nc1ccc([N+](=O)[O-])cc1. The minimum atomic E-state index is -0.485. The number of hydrogen-bond acceptors (Lipinski definition) is 3. The van der Waals surface area contributed by atoms with Crippen molar-refractivity contribution in [2.75, 3.05) is 5.32 Å². The molecule has 1 N–H and O–H groups in total. The van der Waals surface area contributed by atoms with Crippen molar-refractivity contribution in [1.29, 1.82) is 0 Å². The third-order valence-corrected chi connectivity index (χ3v) is 2.50. The van der Waals surface area contributed by atoms with Crippen LogP contribution < -0.4 is 5.32 Å². The number of benzene rings is 1. The molecule has 20 heavy (non-hydrogen) atoms. The summed E-state index contributed by atoms with van der Waals surface area (Å²) in [6, 6.07) is 5.70. The first-order valence-corrected chi connectivity index (χ1v) is 6.04. The Morgan fingerprint density at radius 2 is 1.95 bits per heavy atom. The van der Waals surface area contributed by atoms with Crippen LogP contribution in [0.2, 0.25) is 0 Å². The molecule has 0 aliphatic heterocycles. The van der Waals surface area contributed by atoms with Crippen LogP contribution in [0.15, 0.2) is 61.2 Å². The first-order chi connectivity index (χ1) is 9.52. The second-order valence-corrected chi connectivity index (χ2v) is 4.11. The van der Waals surface area contributed by atoms with Crippen LogP contribution in [0, 0.1) is 10.1 Å². The van der Waals surface area contributed by atoms with Crippen LogP contribution >= 0.6 is 0 Å². The Bertz CT molecular complexity index is 545. The van der Waals surface area contributed by atoms with Crippen molar-refractivity contribution in [1.82, 2.24) is 0 Å². The number of allylic oxidation sites excluding steroid dienone is 4. The van der Waals surface area contributed by atoms with Crippen molar-refractivity contribution in [3.8, 4) is 0 Å². The number of anilines is 1. The summed E-state index contributed by atoms with van der Waals surface area (Å²) >= 11 is 0. The summed E-state index contributed by atoms with van der Waals surface area (Å²) in [6.45, 7) is 7.36. The van der Waals surface area contributed by atoms with E-state index in [2.05, 4.69) is 18.5 Å². The molecule has 1 rings (SSSR count). The van der Waals surface area contributed by atoms with Gasteiger partial charge in [-0.05, 0) is 18.6 Å². The van der Waals surface area contributed by atoms with E-state index in [1.54, 1.807) is 18.2 Å². The predicted octanol–water partition coefficient (Wildman–Crippen LogP) is 3.61. The highest BCUT2D eigenvalue weighted by Gasteiger charge is 2.06. The predicted molar refractivity (Wildman–Crippen MR) is 79.4 cm³/mol. The van der Waals surface area contributed by atoms with Crippen LogP contribution in [0.1, 0.15) is 12.8 Å². The number of nitro benzene ring substituents is 1. The van der Waals surface area contributed by atoms with Crippen molar-refractivity contribution >= 4 is 17.3 Å². The number of nitro groups is 1. The fourth-order valence-corrected chi connectivity index (χ4v) is 1.45. The average Bonchev–Trinajstić information content (AvgIpc) is 2.43. The van der Waals surface area contributed by atoms with Crippen LogP contribution in [0.25, 0.3) is 0 Å². The Morgan fingerprint density at radius 1 is 1.30 bits per heavy atom. The second-order valence-electron chi connectivity index (χ2n) is 4.11.